The topological polar surface area (TPSA) is 202 Å². The molecule has 14 heteroatoms. The zero-order chi connectivity index (χ0) is 36.6. The lowest BCUT2D eigenvalue weighted by molar-refractivity contribution is -0.142. The molecule has 0 spiro atoms. The predicted octanol–water partition coefficient (Wildman–Crippen LogP) is -0.142. The molecule has 3 aromatic carbocycles. The van der Waals surface area contributed by atoms with E-state index in [0.29, 0.717) is 0 Å². The first-order valence-corrected chi connectivity index (χ1v) is 17.2. The first-order valence-electron chi connectivity index (χ1n) is 17.2. The summed E-state index contributed by atoms with van der Waals surface area (Å²) in [4.78, 5) is 86.1. The molecule has 14 nitrogen and oxygen atoms in total. The second kappa shape index (κ2) is 16.3. The van der Waals surface area contributed by atoms with Crippen molar-refractivity contribution in [1.82, 2.24) is 36.5 Å². The van der Waals surface area contributed by atoms with Gasteiger partial charge >= 0.3 is 0 Å². The Hall–Kier alpha value is -6.02. The van der Waals surface area contributed by atoms with E-state index in [1.54, 1.807) is 54.7 Å². The summed E-state index contributed by atoms with van der Waals surface area (Å²) in [7, 11) is 0. The van der Waals surface area contributed by atoms with Gasteiger partial charge in [0.25, 0.3) is 0 Å². The van der Waals surface area contributed by atoms with Crippen molar-refractivity contribution < 1.29 is 33.9 Å². The molecule has 0 saturated carbocycles. The van der Waals surface area contributed by atoms with Gasteiger partial charge in [0.2, 0.25) is 35.4 Å². The summed E-state index contributed by atoms with van der Waals surface area (Å²) in [5.41, 5.74) is 3.03. The maximum atomic E-state index is 14.4. The van der Waals surface area contributed by atoms with E-state index in [4.69, 9.17) is 0 Å². The van der Waals surface area contributed by atoms with E-state index in [-0.39, 0.29) is 32.2 Å². The van der Waals surface area contributed by atoms with Gasteiger partial charge in [-0.05, 0) is 22.8 Å². The number of carbonyl (C=O) groups is 6. The first kappa shape index (κ1) is 35.8. The van der Waals surface area contributed by atoms with Crippen LogP contribution in [0.2, 0.25) is 0 Å². The van der Waals surface area contributed by atoms with Gasteiger partial charge in [-0.1, -0.05) is 78.9 Å². The van der Waals surface area contributed by atoms with Gasteiger partial charge in [-0.25, -0.2) is 0 Å². The lowest BCUT2D eigenvalue weighted by atomic mass is 10.00. The van der Waals surface area contributed by atoms with Crippen LogP contribution in [0.5, 0.6) is 0 Å². The molecule has 3 heterocycles. The van der Waals surface area contributed by atoms with E-state index in [2.05, 4.69) is 31.6 Å². The lowest BCUT2D eigenvalue weighted by Gasteiger charge is -2.30. The minimum absolute atomic E-state index is 0.0311. The van der Waals surface area contributed by atoms with Gasteiger partial charge in [-0.15, -0.1) is 0 Å². The van der Waals surface area contributed by atoms with E-state index in [9.17, 15) is 33.9 Å². The van der Waals surface area contributed by atoms with Gasteiger partial charge in [0.05, 0.1) is 19.2 Å². The van der Waals surface area contributed by atoms with Gasteiger partial charge in [0, 0.05) is 49.3 Å². The number of carbonyl (C=O) groups excluding carboxylic acids is 6. The van der Waals surface area contributed by atoms with Crippen LogP contribution in [0.3, 0.4) is 0 Å². The van der Waals surface area contributed by atoms with Gasteiger partial charge in [0.15, 0.2) is 0 Å². The molecule has 2 aliphatic heterocycles. The summed E-state index contributed by atoms with van der Waals surface area (Å²) in [6, 6.07) is 20.9. The Morgan fingerprint density at radius 2 is 1.19 bits per heavy atom. The van der Waals surface area contributed by atoms with Crippen LogP contribution in [0.15, 0.2) is 91.1 Å². The highest BCUT2D eigenvalue weighted by Gasteiger charge is 2.42. The summed E-state index contributed by atoms with van der Waals surface area (Å²) in [5.74, 6) is -3.91. The number of para-hydroxylation sites is 1. The number of aliphatic hydroxyl groups is 1. The molecule has 6 amide bonds. The van der Waals surface area contributed by atoms with Gasteiger partial charge in [-0.2, -0.15) is 0 Å². The van der Waals surface area contributed by atoms with E-state index < -0.39 is 78.8 Å². The zero-order valence-electron chi connectivity index (χ0n) is 28.3. The average Bonchev–Trinajstić information content (AvgIpc) is 3.75. The maximum Gasteiger partial charge on any atom is 0.246 e. The Morgan fingerprint density at radius 3 is 1.88 bits per heavy atom. The lowest BCUT2D eigenvalue weighted by Crippen LogP contribution is -2.60. The van der Waals surface area contributed by atoms with Crippen molar-refractivity contribution in [2.45, 2.75) is 56.0 Å². The number of amides is 6. The van der Waals surface area contributed by atoms with Gasteiger partial charge in [0.1, 0.15) is 24.2 Å². The molecule has 4 aromatic rings. The van der Waals surface area contributed by atoms with Crippen molar-refractivity contribution in [2.75, 3.05) is 19.6 Å². The summed E-state index contributed by atoms with van der Waals surface area (Å²) < 4.78 is 0. The fourth-order valence-electron chi connectivity index (χ4n) is 6.66. The van der Waals surface area contributed by atoms with Crippen LogP contribution in [0.4, 0.5) is 0 Å². The average molecular weight is 708 g/mol. The Morgan fingerprint density at radius 1 is 0.615 bits per heavy atom. The fraction of sp³-hybridized carbons (Fsp3) is 0.316. The highest BCUT2D eigenvalue weighted by molar-refractivity contribution is 5.98. The number of aromatic amines is 1. The Kier molecular flexibility index (Phi) is 11.2. The molecular weight excluding hydrogens is 666 g/mol. The molecular formula is C38H41N7O7. The third-order valence-corrected chi connectivity index (χ3v) is 9.30. The summed E-state index contributed by atoms with van der Waals surface area (Å²) in [5, 5.41) is 24.7. The number of nitrogens with one attached hydrogen (secondary N) is 6. The number of benzene rings is 3. The molecule has 7 N–H and O–H groups in total. The van der Waals surface area contributed by atoms with Crippen LogP contribution < -0.4 is 26.6 Å². The molecule has 0 bridgehead atoms. The molecule has 0 radical (unpaired) electrons. The van der Waals surface area contributed by atoms with Gasteiger partial charge in [-0.3, -0.25) is 28.8 Å². The highest BCUT2D eigenvalue weighted by Crippen LogP contribution is 2.22. The minimum atomic E-state index is -1.21. The number of aromatic nitrogens is 1. The summed E-state index contributed by atoms with van der Waals surface area (Å²) >= 11 is 0. The summed E-state index contributed by atoms with van der Waals surface area (Å²) in [6.07, 6.45) is 0.823. The van der Waals surface area contributed by atoms with Crippen LogP contribution in [-0.4, -0.2) is 100 Å². The molecule has 2 aliphatic rings. The predicted molar refractivity (Wildman–Crippen MR) is 190 cm³/mol. The quantitative estimate of drug-likeness (QED) is 0.145. The van der Waals surface area contributed by atoms with E-state index in [1.165, 1.54) is 4.90 Å². The number of rotatable bonds is 6. The standard InChI is InChI=1S/C38H41N7O7/c46-26-18-32-37(51)41-20-33(47)40-21-34(48)42-29(15-23-9-3-1-4-10-23)35(49)43-30(17-25-19-39-28-14-8-7-13-27(25)28)36(50)44-31(38(52)45(32)22-26)16-24-11-5-2-6-12-24/h1-14,19,26,29-32,39,46H,15-18,20-22H2,(H,40,47)(H,41,51)(H,42,48)(H,43,49)(H,44,50)/t26-,29+,30-,31+,32-/m1/s1. The number of hydrogen-bond acceptors (Lipinski definition) is 7. The Balaban J connectivity index is 1.37. The SMILES string of the molecule is O=C1CNC(=O)[C@H]2C[C@@H](O)CN2C(=O)[C@H](Cc2ccccc2)NC(=O)[C@@H](Cc2c[nH]c3ccccc23)NC(=O)[C@H](Cc2ccccc2)NC(=O)CN1. The molecule has 2 fully saturated rings. The minimum Gasteiger partial charge on any atom is -0.391 e. The van der Waals surface area contributed by atoms with Crippen molar-refractivity contribution in [3.63, 3.8) is 0 Å². The molecule has 0 aliphatic carbocycles. The number of aliphatic hydroxyl groups excluding tert-OH is 1. The normalized spacial score (nSPS) is 23.8. The van der Waals surface area contributed by atoms with E-state index in [1.807, 2.05) is 36.4 Å². The largest absolute Gasteiger partial charge is 0.391 e. The molecule has 2 saturated heterocycles. The van der Waals surface area contributed by atoms with Crippen molar-refractivity contribution in [2.24, 2.45) is 0 Å². The monoisotopic (exact) mass is 707 g/mol. The first-order chi connectivity index (χ1) is 25.1. The maximum absolute atomic E-state index is 14.4. The number of fused-ring (bicyclic) bond motifs is 2. The summed E-state index contributed by atoms with van der Waals surface area (Å²) in [6.45, 7) is -1.14. The third-order valence-electron chi connectivity index (χ3n) is 9.30. The molecule has 6 rings (SSSR count). The molecule has 1 aromatic heterocycles. The van der Waals surface area contributed by atoms with Gasteiger partial charge < -0.3 is 41.6 Å². The van der Waals surface area contributed by atoms with Crippen LogP contribution in [0, 0.1) is 0 Å². The van der Waals surface area contributed by atoms with Crippen molar-refractivity contribution in [1.29, 1.82) is 0 Å². The Labute approximate surface area is 299 Å². The number of nitrogens with zero attached hydrogens (tertiary/aromatic N) is 1. The highest BCUT2D eigenvalue weighted by atomic mass is 16.3. The third kappa shape index (κ3) is 8.82. The van der Waals surface area contributed by atoms with Crippen LogP contribution in [0.1, 0.15) is 23.1 Å². The van der Waals surface area contributed by atoms with E-state index in [0.717, 1.165) is 27.6 Å². The number of hydrogen-bond donors (Lipinski definition) is 7. The molecule has 5 atom stereocenters. The second-order valence-electron chi connectivity index (χ2n) is 13.1. The van der Waals surface area contributed by atoms with Crippen LogP contribution in [0.25, 0.3) is 10.9 Å². The fourth-order valence-corrected chi connectivity index (χ4v) is 6.66. The zero-order valence-corrected chi connectivity index (χ0v) is 28.3. The van der Waals surface area contributed by atoms with Crippen molar-refractivity contribution in [3.05, 3.63) is 108 Å². The second-order valence-corrected chi connectivity index (χ2v) is 13.1. The molecule has 52 heavy (non-hydrogen) atoms. The molecule has 0 unspecified atom stereocenters. The van der Waals surface area contributed by atoms with Crippen LogP contribution in [-0.2, 0) is 48.0 Å². The number of H-pyrrole nitrogens is 1. The van der Waals surface area contributed by atoms with Crippen molar-refractivity contribution >= 4 is 46.3 Å². The van der Waals surface area contributed by atoms with Crippen LogP contribution >= 0.6 is 0 Å². The molecule has 270 valence electrons. The smallest absolute Gasteiger partial charge is 0.246 e. The Bertz CT molecular complexity index is 1930. The van der Waals surface area contributed by atoms with E-state index >= 15 is 0 Å². The van der Waals surface area contributed by atoms with Crippen molar-refractivity contribution in [3.8, 4) is 0 Å².